The van der Waals surface area contributed by atoms with Gasteiger partial charge in [0.25, 0.3) is 0 Å². The van der Waals surface area contributed by atoms with E-state index < -0.39 is 0 Å². The molecular formula is C12H28N2. The summed E-state index contributed by atoms with van der Waals surface area (Å²) in [7, 11) is 2.03. The van der Waals surface area contributed by atoms with E-state index in [1.54, 1.807) is 0 Å². The van der Waals surface area contributed by atoms with Gasteiger partial charge in [0.1, 0.15) is 0 Å². The van der Waals surface area contributed by atoms with Crippen LogP contribution in [0.15, 0.2) is 0 Å². The minimum atomic E-state index is 0.697. The van der Waals surface area contributed by atoms with Gasteiger partial charge in [-0.25, -0.2) is 0 Å². The van der Waals surface area contributed by atoms with Crippen LogP contribution in [0.3, 0.4) is 0 Å². The fraction of sp³-hybridized carbons (Fsp3) is 1.00. The van der Waals surface area contributed by atoms with Crippen molar-refractivity contribution in [3.8, 4) is 0 Å². The van der Waals surface area contributed by atoms with Crippen LogP contribution in [0, 0.1) is 5.92 Å². The van der Waals surface area contributed by atoms with E-state index in [1.165, 1.54) is 25.9 Å². The molecule has 14 heavy (non-hydrogen) atoms. The molecule has 1 N–H and O–H groups in total. The maximum Gasteiger partial charge on any atom is 0.0105 e. The average molecular weight is 200 g/mol. The molecule has 0 fully saturated rings. The highest BCUT2D eigenvalue weighted by Crippen LogP contribution is 2.11. The van der Waals surface area contributed by atoms with Crippen molar-refractivity contribution >= 4 is 0 Å². The van der Waals surface area contributed by atoms with Crippen molar-refractivity contribution in [1.29, 1.82) is 0 Å². The van der Waals surface area contributed by atoms with Gasteiger partial charge in [-0.1, -0.05) is 20.8 Å². The van der Waals surface area contributed by atoms with Crippen molar-refractivity contribution in [2.45, 2.75) is 46.6 Å². The Hall–Kier alpha value is -0.0800. The summed E-state index contributed by atoms with van der Waals surface area (Å²) in [5, 5.41) is 3.26. The molecule has 0 aliphatic heterocycles. The van der Waals surface area contributed by atoms with Crippen LogP contribution in [0.4, 0.5) is 0 Å². The van der Waals surface area contributed by atoms with Crippen LogP contribution in [-0.2, 0) is 0 Å². The lowest BCUT2D eigenvalue weighted by atomic mass is 10.0. The highest BCUT2D eigenvalue weighted by atomic mass is 15.1. The lowest BCUT2D eigenvalue weighted by Crippen LogP contribution is -2.41. The molecule has 0 aromatic rings. The van der Waals surface area contributed by atoms with Gasteiger partial charge >= 0.3 is 0 Å². The summed E-state index contributed by atoms with van der Waals surface area (Å²) < 4.78 is 0. The summed E-state index contributed by atoms with van der Waals surface area (Å²) in [5.74, 6) is 0.734. The Morgan fingerprint density at radius 1 is 1.07 bits per heavy atom. The first-order chi connectivity index (χ1) is 6.67. The monoisotopic (exact) mass is 200 g/mol. The molecule has 0 amide bonds. The molecule has 2 nitrogen and oxygen atoms in total. The summed E-state index contributed by atoms with van der Waals surface area (Å²) in [5.41, 5.74) is 0. The largest absolute Gasteiger partial charge is 0.319 e. The Labute approximate surface area is 90.1 Å². The smallest absolute Gasteiger partial charge is 0.0105 e. The number of hydrogen-bond donors (Lipinski definition) is 1. The third-order valence-corrected chi connectivity index (χ3v) is 2.95. The number of hydrogen-bond acceptors (Lipinski definition) is 2. The van der Waals surface area contributed by atoms with Gasteiger partial charge in [0.15, 0.2) is 0 Å². The lowest BCUT2D eigenvalue weighted by Gasteiger charge is -2.32. The number of rotatable bonds is 8. The van der Waals surface area contributed by atoms with Crippen molar-refractivity contribution < 1.29 is 0 Å². The molecule has 0 rings (SSSR count). The minimum Gasteiger partial charge on any atom is -0.319 e. The Balaban J connectivity index is 4.03. The standard InChI is InChI=1S/C12H28N2/c1-6-8-14(9-7-2)12(4)11(3)10-13-5/h11-13H,6-10H2,1-5H3. The predicted molar refractivity (Wildman–Crippen MR) is 64.7 cm³/mol. The zero-order valence-corrected chi connectivity index (χ0v) is 10.6. The van der Waals surface area contributed by atoms with E-state index in [-0.39, 0.29) is 0 Å². The van der Waals surface area contributed by atoms with Crippen LogP contribution in [0.2, 0.25) is 0 Å². The van der Waals surface area contributed by atoms with E-state index in [4.69, 9.17) is 0 Å². The van der Waals surface area contributed by atoms with Crippen molar-refractivity contribution in [2.75, 3.05) is 26.7 Å². The quantitative estimate of drug-likeness (QED) is 0.647. The molecule has 0 bridgehead atoms. The zero-order valence-electron chi connectivity index (χ0n) is 10.6. The van der Waals surface area contributed by atoms with E-state index in [9.17, 15) is 0 Å². The topological polar surface area (TPSA) is 15.3 Å². The maximum atomic E-state index is 3.26. The van der Waals surface area contributed by atoms with E-state index in [2.05, 4.69) is 37.9 Å². The second-order valence-electron chi connectivity index (χ2n) is 4.31. The molecule has 0 aliphatic carbocycles. The van der Waals surface area contributed by atoms with E-state index >= 15 is 0 Å². The second kappa shape index (κ2) is 8.25. The molecule has 0 aromatic heterocycles. The Bertz CT molecular complexity index is 119. The van der Waals surface area contributed by atoms with Gasteiger partial charge in [-0.3, -0.25) is 0 Å². The second-order valence-corrected chi connectivity index (χ2v) is 4.31. The molecule has 2 atom stereocenters. The van der Waals surface area contributed by atoms with Crippen LogP contribution in [0.5, 0.6) is 0 Å². The van der Waals surface area contributed by atoms with Gasteiger partial charge in [0.2, 0.25) is 0 Å². The van der Waals surface area contributed by atoms with Crippen molar-refractivity contribution in [2.24, 2.45) is 5.92 Å². The van der Waals surface area contributed by atoms with Gasteiger partial charge < -0.3 is 10.2 Å². The fourth-order valence-electron chi connectivity index (χ4n) is 1.95. The maximum absolute atomic E-state index is 3.26. The first-order valence-corrected chi connectivity index (χ1v) is 6.05. The molecule has 0 radical (unpaired) electrons. The molecule has 0 aromatic carbocycles. The van der Waals surface area contributed by atoms with Crippen molar-refractivity contribution in [3.63, 3.8) is 0 Å². The summed E-state index contributed by atoms with van der Waals surface area (Å²) in [4.78, 5) is 2.61. The van der Waals surface area contributed by atoms with Crippen molar-refractivity contribution in [3.05, 3.63) is 0 Å². The fourth-order valence-corrected chi connectivity index (χ4v) is 1.95. The molecule has 86 valence electrons. The third kappa shape index (κ3) is 4.97. The first kappa shape index (κ1) is 13.9. The zero-order chi connectivity index (χ0) is 11.0. The molecular weight excluding hydrogens is 172 g/mol. The number of nitrogens with one attached hydrogen (secondary N) is 1. The molecule has 0 saturated carbocycles. The summed E-state index contributed by atoms with van der Waals surface area (Å²) in [6, 6.07) is 0.697. The predicted octanol–water partition coefficient (Wildman–Crippen LogP) is 2.35. The van der Waals surface area contributed by atoms with E-state index in [0.29, 0.717) is 6.04 Å². The molecule has 0 aliphatic rings. The Morgan fingerprint density at radius 3 is 1.93 bits per heavy atom. The van der Waals surface area contributed by atoms with Crippen LogP contribution in [0.25, 0.3) is 0 Å². The normalized spacial score (nSPS) is 15.9. The van der Waals surface area contributed by atoms with Gasteiger partial charge in [-0.15, -0.1) is 0 Å². The summed E-state index contributed by atoms with van der Waals surface area (Å²) in [6.07, 6.45) is 2.52. The van der Waals surface area contributed by atoms with Gasteiger partial charge in [-0.05, 0) is 52.4 Å². The molecule has 0 heterocycles. The highest BCUT2D eigenvalue weighted by molar-refractivity contribution is 4.73. The highest BCUT2D eigenvalue weighted by Gasteiger charge is 2.17. The molecule has 0 saturated heterocycles. The summed E-state index contributed by atoms with van der Waals surface area (Å²) >= 11 is 0. The molecule has 2 heteroatoms. The van der Waals surface area contributed by atoms with Gasteiger partial charge in [0, 0.05) is 6.04 Å². The number of nitrogens with zero attached hydrogens (tertiary/aromatic N) is 1. The third-order valence-electron chi connectivity index (χ3n) is 2.95. The van der Waals surface area contributed by atoms with Crippen LogP contribution in [0.1, 0.15) is 40.5 Å². The van der Waals surface area contributed by atoms with Crippen LogP contribution in [-0.4, -0.2) is 37.6 Å². The van der Waals surface area contributed by atoms with E-state index in [1.807, 2.05) is 7.05 Å². The Kier molecular flexibility index (Phi) is 8.20. The van der Waals surface area contributed by atoms with Gasteiger partial charge in [-0.2, -0.15) is 0 Å². The minimum absolute atomic E-state index is 0.697. The molecule has 2 unspecified atom stereocenters. The SMILES string of the molecule is CCCN(CCC)C(C)C(C)CNC. The van der Waals surface area contributed by atoms with E-state index in [0.717, 1.165) is 12.5 Å². The van der Waals surface area contributed by atoms with Crippen molar-refractivity contribution in [1.82, 2.24) is 10.2 Å². The molecule has 0 spiro atoms. The Morgan fingerprint density at radius 2 is 1.57 bits per heavy atom. The van der Waals surface area contributed by atoms with Gasteiger partial charge in [0.05, 0.1) is 0 Å². The van der Waals surface area contributed by atoms with Crippen LogP contribution >= 0.6 is 0 Å². The van der Waals surface area contributed by atoms with Crippen LogP contribution < -0.4 is 5.32 Å². The summed E-state index contributed by atoms with van der Waals surface area (Å²) in [6.45, 7) is 12.8. The lowest BCUT2D eigenvalue weighted by molar-refractivity contribution is 0.161. The average Bonchev–Trinajstić information content (AvgIpc) is 2.17. The first-order valence-electron chi connectivity index (χ1n) is 6.05.